The molecule has 19 heavy (non-hydrogen) atoms. The zero-order valence-electron chi connectivity index (χ0n) is 11.6. The fraction of sp³-hybridized carbons (Fsp3) is 0.312. The summed E-state index contributed by atoms with van der Waals surface area (Å²) >= 11 is 6.13. The lowest BCUT2D eigenvalue weighted by atomic mass is 10.00. The summed E-state index contributed by atoms with van der Waals surface area (Å²) in [5, 5.41) is 4.20. The van der Waals surface area contributed by atoms with Crippen molar-refractivity contribution in [2.24, 2.45) is 0 Å². The lowest BCUT2D eigenvalue weighted by Gasteiger charge is -2.13. The Morgan fingerprint density at radius 1 is 1.21 bits per heavy atom. The number of halogens is 1. The standard InChI is InChI=1S/C16H19ClN2/c1-11(2)19-10-13-4-5-15(17)7-16(13)14-6-12(3)8-18-9-14/h4-9,11,19H,10H2,1-3H3. The van der Waals surface area contributed by atoms with E-state index in [1.807, 2.05) is 31.5 Å². The van der Waals surface area contributed by atoms with Gasteiger partial charge >= 0.3 is 0 Å². The van der Waals surface area contributed by atoms with Gasteiger partial charge < -0.3 is 5.32 Å². The van der Waals surface area contributed by atoms with E-state index >= 15 is 0 Å². The Bertz CT molecular complexity index is 564. The van der Waals surface area contributed by atoms with Crippen LogP contribution in [0.5, 0.6) is 0 Å². The SMILES string of the molecule is Cc1cncc(-c2cc(Cl)ccc2CNC(C)C)c1. The lowest BCUT2D eigenvalue weighted by Crippen LogP contribution is -2.22. The van der Waals surface area contributed by atoms with Gasteiger partial charge in [0, 0.05) is 35.6 Å². The van der Waals surface area contributed by atoms with Gasteiger partial charge in [-0.2, -0.15) is 0 Å². The molecule has 0 radical (unpaired) electrons. The second-order valence-corrected chi connectivity index (χ2v) is 5.52. The number of pyridine rings is 1. The van der Waals surface area contributed by atoms with E-state index in [1.54, 1.807) is 0 Å². The molecule has 3 heteroatoms. The van der Waals surface area contributed by atoms with Gasteiger partial charge in [-0.15, -0.1) is 0 Å². The van der Waals surface area contributed by atoms with E-state index < -0.39 is 0 Å². The highest BCUT2D eigenvalue weighted by Crippen LogP contribution is 2.27. The molecule has 0 saturated carbocycles. The van der Waals surface area contributed by atoms with E-state index in [4.69, 9.17) is 11.6 Å². The van der Waals surface area contributed by atoms with E-state index in [2.05, 4.69) is 36.3 Å². The smallest absolute Gasteiger partial charge is 0.0412 e. The molecule has 1 aromatic heterocycles. The number of aromatic nitrogens is 1. The van der Waals surface area contributed by atoms with Gasteiger partial charge in [0.2, 0.25) is 0 Å². The van der Waals surface area contributed by atoms with E-state index in [-0.39, 0.29) is 0 Å². The van der Waals surface area contributed by atoms with Crippen molar-refractivity contribution in [1.82, 2.24) is 10.3 Å². The van der Waals surface area contributed by atoms with Crippen molar-refractivity contribution in [3.05, 3.63) is 52.8 Å². The molecule has 0 fully saturated rings. The van der Waals surface area contributed by atoms with Gasteiger partial charge in [0.05, 0.1) is 0 Å². The quantitative estimate of drug-likeness (QED) is 0.903. The zero-order chi connectivity index (χ0) is 13.8. The molecule has 0 spiro atoms. The van der Waals surface area contributed by atoms with Gasteiger partial charge in [0.25, 0.3) is 0 Å². The highest BCUT2D eigenvalue weighted by molar-refractivity contribution is 6.30. The molecular formula is C16H19ClN2. The molecule has 2 nitrogen and oxygen atoms in total. The van der Waals surface area contributed by atoms with Crippen molar-refractivity contribution in [1.29, 1.82) is 0 Å². The maximum absolute atomic E-state index is 6.13. The number of nitrogens with zero attached hydrogens (tertiary/aromatic N) is 1. The lowest BCUT2D eigenvalue weighted by molar-refractivity contribution is 0.589. The predicted octanol–water partition coefficient (Wildman–Crippen LogP) is 4.21. The van der Waals surface area contributed by atoms with Crippen LogP contribution in [0.3, 0.4) is 0 Å². The number of hydrogen-bond acceptors (Lipinski definition) is 2. The van der Waals surface area contributed by atoms with Gasteiger partial charge in [-0.05, 0) is 41.8 Å². The van der Waals surface area contributed by atoms with Crippen molar-refractivity contribution >= 4 is 11.6 Å². The van der Waals surface area contributed by atoms with Gasteiger partial charge in [0.1, 0.15) is 0 Å². The monoisotopic (exact) mass is 274 g/mol. The van der Waals surface area contributed by atoms with Crippen molar-refractivity contribution < 1.29 is 0 Å². The summed E-state index contributed by atoms with van der Waals surface area (Å²) in [4.78, 5) is 4.26. The number of aryl methyl sites for hydroxylation is 1. The molecule has 1 N–H and O–H groups in total. The predicted molar refractivity (Wildman–Crippen MR) is 81.4 cm³/mol. The number of rotatable bonds is 4. The molecule has 0 aliphatic rings. The first-order valence-electron chi connectivity index (χ1n) is 6.50. The summed E-state index contributed by atoms with van der Waals surface area (Å²) in [5.41, 5.74) is 4.66. The van der Waals surface area contributed by atoms with Crippen molar-refractivity contribution in [2.75, 3.05) is 0 Å². The van der Waals surface area contributed by atoms with Crippen molar-refractivity contribution in [3.63, 3.8) is 0 Å². The molecule has 1 aromatic carbocycles. The molecule has 0 aliphatic carbocycles. The first-order chi connectivity index (χ1) is 9.06. The highest BCUT2D eigenvalue weighted by atomic mass is 35.5. The third-order valence-corrected chi connectivity index (χ3v) is 3.19. The molecule has 0 bridgehead atoms. The van der Waals surface area contributed by atoms with E-state index in [9.17, 15) is 0 Å². The number of hydrogen-bond donors (Lipinski definition) is 1. The third kappa shape index (κ3) is 3.79. The summed E-state index contributed by atoms with van der Waals surface area (Å²) in [6, 6.07) is 8.62. The van der Waals surface area contributed by atoms with Crippen LogP contribution in [0.4, 0.5) is 0 Å². The second kappa shape index (κ2) is 6.18. The first-order valence-corrected chi connectivity index (χ1v) is 6.88. The van der Waals surface area contributed by atoms with E-state index in [1.165, 1.54) is 5.56 Å². The molecule has 1 heterocycles. The molecule has 0 aliphatic heterocycles. The Balaban J connectivity index is 2.39. The second-order valence-electron chi connectivity index (χ2n) is 5.09. The van der Waals surface area contributed by atoms with Crippen LogP contribution in [-0.2, 0) is 6.54 Å². The van der Waals surface area contributed by atoms with Crippen LogP contribution in [0.25, 0.3) is 11.1 Å². The summed E-state index contributed by atoms with van der Waals surface area (Å²) in [5.74, 6) is 0. The summed E-state index contributed by atoms with van der Waals surface area (Å²) < 4.78 is 0. The summed E-state index contributed by atoms with van der Waals surface area (Å²) in [6.07, 6.45) is 3.75. The minimum atomic E-state index is 0.458. The van der Waals surface area contributed by atoms with Gasteiger partial charge in [-0.3, -0.25) is 4.98 Å². The van der Waals surface area contributed by atoms with Crippen LogP contribution in [0.1, 0.15) is 25.0 Å². The van der Waals surface area contributed by atoms with Crippen LogP contribution in [0, 0.1) is 6.92 Å². The van der Waals surface area contributed by atoms with Crippen LogP contribution in [-0.4, -0.2) is 11.0 Å². The molecule has 2 rings (SSSR count). The fourth-order valence-corrected chi connectivity index (χ4v) is 2.16. The number of benzene rings is 1. The molecular weight excluding hydrogens is 256 g/mol. The zero-order valence-corrected chi connectivity index (χ0v) is 12.3. The third-order valence-electron chi connectivity index (χ3n) is 2.96. The molecule has 2 aromatic rings. The summed E-state index contributed by atoms with van der Waals surface area (Å²) in [6.45, 7) is 7.17. The van der Waals surface area contributed by atoms with Gasteiger partial charge in [0.15, 0.2) is 0 Å². The fourth-order valence-electron chi connectivity index (χ4n) is 1.99. The molecule has 100 valence electrons. The largest absolute Gasteiger partial charge is 0.310 e. The molecule has 0 atom stereocenters. The normalized spacial score (nSPS) is 11.0. The van der Waals surface area contributed by atoms with Crippen LogP contribution < -0.4 is 5.32 Å². The molecule has 0 unspecified atom stereocenters. The van der Waals surface area contributed by atoms with Crippen LogP contribution in [0.2, 0.25) is 5.02 Å². The maximum atomic E-state index is 6.13. The van der Waals surface area contributed by atoms with Crippen molar-refractivity contribution in [2.45, 2.75) is 33.4 Å². The minimum absolute atomic E-state index is 0.458. The Kier molecular flexibility index (Phi) is 4.56. The number of nitrogens with one attached hydrogen (secondary N) is 1. The highest BCUT2D eigenvalue weighted by Gasteiger charge is 2.07. The Hall–Kier alpha value is -1.38. The Labute approximate surface area is 119 Å². The van der Waals surface area contributed by atoms with Crippen LogP contribution in [0.15, 0.2) is 36.7 Å². The average molecular weight is 275 g/mol. The first kappa shape index (κ1) is 14.0. The minimum Gasteiger partial charge on any atom is -0.310 e. The van der Waals surface area contributed by atoms with E-state index in [0.717, 1.165) is 28.3 Å². The topological polar surface area (TPSA) is 24.9 Å². The van der Waals surface area contributed by atoms with Gasteiger partial charge in [-0.1, -0.05) is 31.5 Å². The average Bonchev–Trinajstić information content (AvgIpc) is 2.37. The Morgan fingerprint density at radius 2 is 2.00 bits per heavy atom. The maximum Gasteiger partial charge on any atom is 0.0412 e. The molecule has 0 amide bonds. The van der Waals surface area contributed by atoms with Gasteiger partial charge in [-0.25, -0.2) is 0 Å². The van der Waals surface area contributed by atoms with E-state index in [0.29, 0.717) is 6.04 Å². The summed E-state index contributed by atoms with van der Waals surface area (Å²) in [7, 11) is 0. The van der Waals surface area contributed by atoms with Crippen molar-refractivity contribution in [3.8, 4) is 11.1 Å². The molecule has 0 saturated heterocycles. The van der Waals surface area contributed by atoms with Crippen LogP contribution >= 0.6 is 11.6 Å². The Morgan fingerprint density at radius 3 is 2.68 bits per heavy atom.